The minimum absolute atomic E-state index is 0.116. The van der Waals surface area contributed by atoms with Crippen LogP contribution in [0.15, 0.2) is 71.8 Å². The smallest absolute Gasteiger partial charge is 0.408 e. The van der Waals surface area contributed by atoms with Gasteiger partial charge in [-0.2, -0.15) is 0 Å². The number of carbonyl (C=O) groups is 5. The largest absolute Gasteiger partial charge is 0.457 e. The Hall–Kier alpha value is -4.59. The second-order valence-electron chi connectivity index (χ2n) is 18.4. The van der Waals surface area contributed by atoms with E-state index in [2.05, 4.69) is 5.32 Å². The first-order valence-electron chi connectivity index (χ1n) is 20.4. The van der Waals surface area contributed by atoms with Crippen molar-refractivity contribution in [1.82, 2.24) is 5.32 Å². The van der Waals surface area contributed by atoms with Gasteiger partial charge in [0, 0.05) is 38.2 Å². The number of benzene rings is 2. The molecule has 1 aliphatic heterocycles. The number of rotatable bonds is 9. The van der Waals surface area contributed by atoms with Crippen molar-refractivity contribution < 1.29 is 57.5 Å². The third kappa shape index (κ3) is 7.48. The van der Waals surface area contributed by atoms with Gasteiger partial charge in [0.05, 0.1) is 41.6 Å². The summed E-state index contributed by atoms with van der Waals surface area (Å²) in [5.74, 6) is -5.39. The SMILES string of the molecule is CO[C@H]1C[C@H]2OC[C@@]2(OC(C)=O)[C@H]2[C@H](OC(=O)c3ccccc3)[C@]3(O)C[C@H](OC(=O)[C@H](C)[C@@H](NC(=O)OC(C)(C)C)c4ccccc4)C(C)=C([C@@H](C)C(=O)[C@]12C)C3(C)C. The molecule has 1 amide bonds. The van der Waals surface area contributed by atoms with E-state index in [1.165, 1.54) is 14.0 Å². The number of methoxy groups -OCH3 is 1. The number of hydrogen-bond donors (Lipinski definition) is 2. The Labute approximate surface area is 346 Å². The molecule has 4 aliphatic rings. The van der Waals surface area contributed by atoms with E-state index in [0.717, 1.165) is 0 Å². The van der Waals surface area contributed by atoms with E-state index in [9.17, 15) is 24.3 Å². The van der Waals surface area contributed by atoms with E-state index < -0.39 is 99.8 Å². The summed E-state index contributed by atoms with van der Waals surface area (Å²) < 4.78 is 36.8. The topological polar surface area (TPSA) is 173 Å². The molecule has 6 rings (SSSR count). The van der Waals surface area contributed by atoms with Gasteiger partial charge in [-0.1, -0.05) is 69.3 Å². The van der Waals surface area contributed by atoms with Crippen LogP contribution >= 0.6 is 0 Å². The summed E-state index contributed by atoms with van der Waals surface area (Å²) in [4.78, 5) is 70.3. The number of hydrogen-bond acceptors (Lipinski definition) is 12. The molecule has 2 N–H and O–H groups in total. The number of Topliss-reactive ketones (excluding diaryl/α,β-unsaturated/α-hetero) is 1. The van der Waals surface area contributed by atoms with Crippen molar-refractivity contribution in [3.05, 3.63) is 82.9 Å². The van der Waals surface area contributed by atoms with E-state index >= 15 is 4.79 Å². The number of amides is 1. The van der Waals surface area contributed by atoms with Crippen molar-refractivity contribution >= 4 is 29.8 Å². The Bertz CT molecular complexity index is 1990. The molecule has 1 heterocycles. The predicted octanol–water partition coefficient (Wildman–Crippen LogP) is 6.46. The van der Waals surface area contributed by atoms with Crippen molar-refractivity contribution in [3.8, 4) is 0 Å². The van der Waals surface area contributed by atoms with Crippen LogP contribution in [0.1, 0.15) is 104 Å². The average Bonchev–Trinajstić information content (AvgIpc) is 3.16. The van der Waals surface area contributed by atoms with Gasteiger partial charge in [-0.25, -0.2) is 9.59 Å². The van der Waals surface area contributed by atoms with Crippen molar-refractivity contribution in [2.45, 2.75) is 129 Å². The molecule has 59 heavy (non-hydrogen) atoms. The Balaban J connectivity index is 1.50. The molecule has 0 spiro atoms. The van der Waals surface area contributed by atoms with E-state index in [-0.39, 0.29) is 30.8 Å². The molecule has 11 atom stereocenters. The Kier molecular flexibility index (Phi) is 11.8. The van der Waals surface area contributed by atoms with Gasteiger partial charge in [-0.05, 0) is 70.4 Å². The van der Waals surface area contributed by atoms with Gasteiger partial charge in [0.1, 0.15) is 35.3 Å². The molecule has 3 aliphatic carbocycles. The van der Waals surface area contributed by atoms with E-state index in [1.54, 1.807) is 117 Å². The first kappa shape index (κ1) is 44.0. The zero-order chi connectivity index (χ0) is 43.5. The highest BCUT2D eigenvalue weighted by atomic mass is 16.6. The van der Waals surface area contributed by atoms with Gasteiger partial charge in [0.15, 0.2) is 5.60 Å². The van der Waals surface area contributed by atoms with Gasteiger partial charge >= 0.3 is 24.0 Å². The van der Waals surface area contributed by atoms with Crippen LogP contribution in [0.2, 0.25) is 0 Å². The summed E-state index contributed by atoms with van der Waals surface area (Å²) in [6, 6.07) is 16.4. The van der Waals surface area contributed by atoms with Crippen molar-refractivity contribution in [3.63, 3.8) is 0 Å². The molecule has 13 heteroatoms. The maximum atomic E-state index is 15.5. The first-order valence-corrected chi connectivity index (χ1v) is 20.4. The fourth-order valence-electron chi connectivity index (χ4n) is 10.6. The molecule has 2 bridgehead atoms. The van der Waals surface area contributed by atoms with E-state index in [4.69, 9.17) is 28.4 Å². The van der Waals surface area contributed by atoms with Gasteiger partial charge in [-0.3, -0.25) is 14.4 Å². The van der Waals surface area contributed by atoms with Crippen LogP contribution in [-0.4, -0.2) is 89.8 Å². The maximum absolute atomic E-state index is 15.5. The highest BCUT2D eigenvalue weighted by Gasteiger charge is 2.78. The van der Waals surface area contributed by atoms with Crippen molar-refractivity contribution in [2.75, 3.05) is 13.7 Å². The van der Waals surface area contributed by atoms with Crippen LogP contribution in [0.3, 0.4) is 0 Å². The molecule has 2 saturated carbocycles. The van der Waals surface area contributed by atoms with Crippen LogP contribution < -0.4 is 5.32 Å². The fraction of sp³-hybridized carbons (Fsp3) is 0.587. The number of carbonyl (C=O) groups excluding carboxylic acids is 5. The fourth-order valence-corrected chi connectivity index (χ4v) is 10.6. The first-order chi connectivity index (χ1) is 27.5. The number of ether oxygens (including phenoxy) is 6. The van der Waals surface area contributed by atoms with Gasteiger partial charge < -0.3 is 38.8 Å². The molecule has 2 aromatic rings. The van der Waals surface area contributed by atoms with Gasteiger partial charge in [-0.15, -0.1) is 0 Å². The second kappa shape index (κ2) is 15.8. The molecule has 2 aromatic carbocycles. The second-order valence-corrected chi connectivity index (χ2v) is 18.4. The lowest BCUT2D eigenvalue weighted by Gasteiger charge is -2.68. The Morgan fingerprint density at radius 3 is 2.12 bits per heavy atom. The normalized spacial score (nSPS) is 33.3. The van der Waals surface area contributed by atoms with Crippen LogP contribution in [0.5, 0.6) is 0 Å². The average molecular weight is 818 g/mol. The summed E-state index contributed by atoms with van der Waals surface area (Å²) >= 11 is 0. The highest BCUT2D eigenvalue weighted by molar-refractivity contribution is 5.92. The number of esters is 3. The number of nitrogens with one attached hydrogen (secondary N) is 1. The molecule has 0 unspecified atom stereocenters. The summed E-state index contributed by atoms with van der Waals surface area (Å²) in [5, 5.41) is 16.6. The minimum atomic E-state index is -2.06. The molecule has 13 nitrogen and oxygen atoms in total. The minimum Gasteiger partial charge on any atom is -0.457 e. The number of ketones is 1. The lowest BCUT2D eigenvalue weighted by atomic mass is 9.43. The van der Waals surface area contributed by atoms with Crippen LogP contribution in [0.25, 0.3) is 0 Å². The summed E-state index contributed by atoms with van der Waals surface area (Å²) in [5.41, 5.74) is -5.21. The number of aliphatic hydroxyl groups is 1. The highest BCUT2D eigenvalue weighted by Crippen LogP contribution is 2.65. The van der Waals surface area contributed by atoms with Crippen LogP contribution in [0, 0.1) is 28.6 Å². The summed E-state index contributed by atoms with van der Waals surface area (Å²) in [6.45, 7) is 16.9. The molecular formula is C46H59NO12. The molecule has 0 aromatic heterocycles. The number of alkyl carbamates (subject to hydrolysis) is 1. The molecule has 320 valence electrons. The Morgan fingerprint density at radius 1 is 0.966 bits per heavy atom. The summed E-state index contributed by atoms with van der Waals surface area (Å²) in [6.07, 6.45) is -4.97. The van der Waals surface area contributed by atoms with Crippen LogP contribution in [-0.2, 0) is 42.8 Å². The quantitative estimate of drug-likeness (QED) is 0.161. The molecule has 0 radical (unpaired) electrons. The van der Waals surface area contributed by atoms with Crippen molar-refractivity contribution in [2.24, 2.45) is 28.6 Å². The molecule has 1 saturated heterocycles. The third-order valence-electron chi connectivity index (χ3n) is 13.4. The molecular weight excluding hydrogens is 759 g/mol. The van der Waals surface area contributed by atoms with Gasteiger partial charge in [0.25, 0.3) is 0 Å². The van der Waals surface area contributed by atoms with Crippen molar-refractivity contribution in [1.29, 1.82) is 0 Å². The monoisotopic (exact) mass is 817 g/mol. The zero-order valence-electron chi connectivity index (χ0n) is 36.0. The third-order valence-corrected chi connectivity index (χ3v) is 13.4. The molecule has 3 fully saturated rings. The van der Waals surface area contributed by atoms with Gasteiger partial charge in [0.2, 0.25) is 0 Å². The zero-order valence-corrected chi connectivity index (χ0v) is 36.0. The standard InChI is InChI=1S/C46H59NO12/c1-25-31(56-39(50)27(3)35(29-18-14-12-15-19-29)47-41(52)59-42(5,6)7)23-46(53)38(57-40(51)30-20-16-13-17-21-30)36-44(10,37(49)26(2)34(25)43(46,8)9)32(54-11)22-33-45(36,24-55-33)58-28(4)48/h12-21,26-27,31-33,35-36,38,53H,22-24H2,1-11H3,(H,47,52)/t26-,27-,31+,32+,33-,35-,36+,38+,44-,45+,46-/m1/s1. The van der Waals surface area contributed by atoms with Crippen LogP contribution in [0.4, 0.5) is 4.79 Å². The lowest BCUT2D eigenvalue weighted by molar-refractivity contribution is -0.346. The Morgan fingerprint density at radius 2 is 1.58 bits per heavy atom. The van der Waals surface area contributed by atoms with E-state index in [1.807, 2.05) is 6.07 Å². The lowest BCUT2D eigenvalue weighted by Crippen LogP contribution is -2.81. The van der Waals surface area contributed by atoms with E-state index in [0.29, 0.717) is 16.7 Å². The summed E-state index contributed by atoms with van der Waals surface area (Å²) in [7, 11) is 1.49. The maximum Gasteiger partial charge on any atom is 0.408 e. The number of fused-ring (bicyclic) bond motifs is 5. The predicted molar refractivity (Wildman–Crippen MR) is 215 cm³/mol.